The van der Waals surface area contributed by atoms with Crippen molar-refractivity contribution in [3.63, 3.8) is 0 Å². The van der Waals surface area contributed by atoms with Gasteiger partial charge in [0.15, 0.2) is 5.69 Å². The lowest BCUT2D eigenvalue weighted by molar-refractivity contribution is -0.141. The number of hydrogen-bond acceptors (Lipinski definition) is 4. The molecule has 0 saturated heterocycles. The molecule has 2 rings (SSSR count). The highest BCUT2D eigenvalue weighted by Gasteiger charge is 2.33. The molecule has 22 heavy (non-hydrogen) atoms. The minimum atomic E-state index is -4.54. The Balaban J connectivity index is 1.90. The van der Waals surface area contributed by atoms with Crippen LogP contribution in [0.2, 0.25) is 0 Å². The number of amides is 1. The van der Waals surface area contributed by atoms with E-state index in [1.807, 2.05) is 0 Å². The maximum absolute atomic E-state index is 12.4. The Labute approximate surface area is 128 Å². The number of halogens is 3. The molecule has 0 bridgehead atoms. The molecule has 0 fully saturated rings. The van der Waals surface area contributed by atoms with Crippen LogP contribution in [-0.2, 0) is 23.1 Å². The van der Waals surface area contributed by atoms with E-state index in [0.717, 1.165) is 16.9 Å². The van der Waals surface area contributed by atoms with Crippen molar-refractivity contribution in [2.45, 2.75) is 25.2 Å². The van der Waals surface area contributed by atoms with Crippen molar-refractivity contribution in [2.24, 2.45) is 0 Å². The van der Waals surface area contributed by atoms with Gasteiger partial charge in [-0.25, -0.2) is 0 Å². The zero-order valence-electron chi connectivity index (χ0n) is 11.6. The number of aromatic nitrogens is 2. The van der Waals surface area contributed by atoms with Crippen LogP contribution in [0.5, 0.6) is 0 Å². The fourth-order valence-corrected chi connectivity index (χ4v) is 2.53. The molecule has 2 N–H and O–H groups in total. The normalized spacial score (nSPS) is 14.6. The van der Waals surface area contributed by atoms with E-state index in [-0.39, 0.29) is 13.1 Å². The number of thiophene rings is 1. The first kappa shape index (κ1) is 16.5. The van der Waals surface area contributed by atoms with Crippen molar-refractivity contribution in [1.82, 2.24) is 15.1 Å². The SMILES string of the molecule is CC(O)(CNC(=O)Cn1ccc(C(F)(F)F)n1)c1ccsc1. The standard InChI is InChI=1S/C13H14F3N3O2S/c1-12(21,9-3-5-22-7-9)8-17-11(20)6-19-4-2-10(18-19)13(14,15)16/h2-5,7,21H,6,8H2,1H3,(H,17,20). The van der Waals surface area contributed by atoms with Gasteiger partial charge in [0.1, 0.15) is 12.1 Å². The van der Waals surface area contributed by atoms with Gasteiger partial charge in [-0.3, -0.25) is 9.48 Å². The van der Waals surface area contributed by atoms with Crippen LogP contribution in [0, 0.1) is 0 Å². The molecule has 2 aromatic rings. The number of aliphatic hydroxyl groups is 1. The maximum Gasteiger partial charge on any atom is 0.435 e. The van der Waals surface area contributed by atoms with Gasteiger partial charge in [0.05, 0.1) is 6.54 Å². The van der Waals surface area contributed by atoms with Gasteiger partial charge in [0.25, 0.3) is 0 Å². The monoisotopic (exact) mass is 333 g/mol. The molecule has 9 heteroatoms. The molecule has 1 amide bonds. The molecule has 0 aliphatic heterocycles. The number of nitrogens with one attached hydrogen (secondary N) is 1. The third kappa shape index (κ3) is 4.08. The zero-order chi connectivity index (χ0) is 16.4. The van der Waals surface area contributed by atoms with E-state index in [4.69, 9.17) is 0 Å². The predicted octanol–water partition coefficient (Wildman–Crippen LogP) is 1.99. The van der Waals surface area contributed by atoms with E-state index in [9.17, 15) is 23.1 Å². The Hall–Kier alpha value is -1.87. The molecule has 2 aromatic heterocycles. The first-order valence-corrected chi connectivity index (χ1v) is 7.25. The summed E-state index contributed by atoms with van der Waals surface area (Å²) in [5.74, 6) is -0.535. The smallest absolute Gasteiger partial charge is 0.384 e. The van der Waals surface area contributed by atoms with Crippen molar-refractivity contribution in [3.05, 3.63) is 40.3 Å². The van der Waals surface area contributed by atoms with Crippen molar-refractivity contribution < 1.29 is 23.1 Å². The maximum atomic E-state index is 12.4. The van der Waals surface area contributed by atoms with Crippen LogP contribution in [0.4, 0.5) is 13.2 Å². The van der Waals surface area contributed by atoms with Crippen LogP contribution in [0.15, 0.2) is 29.1 Å². The summed E-state index contributed by atoms with van der Waals surface area (Å²) in [6.07, 6.45) is -3.45. The summed E-state index contributed by atoms with van der Waals surface area (Å²) in [5, 5.41) is 19.5. The summed E-state index contributed by atoms with van der Waals surface area (Å²) in [4.78, 5) is 11.7. The molecular formula is C13H14F3N3O2S. The van der Waals surface area contributed by atoms with Crippen molar-refractivity contribution in [2.75, 3.05) is 6.54 Å². The second-order valence-electron chi connectivity index (χ2n) is 4.96. The Morgan fingerprint density at radius 2 is 2.18 bits per heavy atom. The second-order valence-corrected chi connectivity index (χ2v) is 5.74. The van der Waals surface area contributed by atoms with Crippen molar-refractivity contribution in [3.8, 4) is 0 Å². The van der Waals surface area contributed by atoms with E-state index in [1.54, 1.807) is 23.8 Å². The first-order chi connectivity index (χ1) is 10.2. The van der Waals surface area contributed by atoms with E-state index >= 15 is 0 Å². The molecule has 0 aromatic carbocycles. The highest BCUT2D eigenvalue weighted by Crippen LogP contribution is 2.27. The second kappa shape index (κ2) is 6.09. The fourth-order valence-electron chi connectivity index (χ4n) is 1.75. The lowest BCUT2D eigenvalue weighted by atomic mass is 9.99. The molecule has 1 atom stereocenters. The molecule has 5 nitrogen and oxygen atoms in total. The third-order valence-corrected chi connectivity index (χ3v) is 3.69. The number of hydrogen-bond donors (Lipinski definition) is 2. The minimum absolute atomic E-state index is 0.0457. The van der Waals surface area contributed by atoms with Crippen LogP contribution < -0.4 is 5.32 Å². The topological polar surface area (TPSA) is 67.2 Å². The fraction of sp³-hybridized carbons (Fsp3) is 0.385. The zero-order valence-corrected chi connectivity index (χ0v) is 12.4. The van der Waals surface area contributed by atoms with E-state index in [2.05, 4.69) is 10.4 Å². The molecule has 2 heterocycles. The number of carbonyl (C=O) groups is 1. The van der Waals surface area contributed by atoms with Gasteiger partial charge < -0.3 is 10.4 Å². The van der Waals surface area contributed by atoms with Gasteiger partial charge in [-0.2, -0.15) is 29.6 Å². The van der Waals surface area contributed by atoms with Crippen LogP contribution in [0.3, 0.4) is 0 Å². The van der Waals surface area contributed by atoms with E-state index in [1.165, 1.54) is 11.3 Å². The highest BCUT2D eigenvalue weighted by atomic mass is 32.1. The van der Waals surface area contributed by atoms with Gasteiger partial charge in [0.2, 0.25) is 5.91 Å². The number of carbonyl (C=O) groups excluding carboxylic acids is 1. The molecule has 0 spiro atoms. The molecule has 1 unspecified atom stereocenters. The van der Waals surface area contributed by atoms with E-state index < -0.39 is 23.4 Å². The van der Waals surface area contributed by atoms with Gasteiger partial charge in [-0.1, -0.05) is 0 Å². The van der Waals surface area contributed by atoms with E-state index in [0.29, 0.717) is 5.56 Å². The molecule has 0 radical (unpaired) electrons. The lowest BCUT2D eigenvalue weighted by Crippen LogP contribution is -2.39. The molecular weight excluding hydrogens is 319 g/mol. The van der Waals surface area contributed by atoms with Gasteiger partial charge in [0, 0.05) is 6.20 Å². The Morgan fingerprint density at radius 1 is 1.45 bits per heavy atom. The summed E-state index contributed by atoms with van der Waals surface area (Å²) in [5.41, 5.74) is -1.63. The molecule has 0 aliphatic carbocycles. The minimum Gasteiger partial charge on any atom is -0.384 e. The Bertz CT molecular complexity index is 635. The van der Waals surface area contributed by atoms with Crippen LogP contribution in [-0.4, -0.2) is 27.3 Å². The summed E-state index contributed by atoms with van der Waals surface area (Å²) in [6, 6.07) is 2.54. The summed E-state index contributed by atoms with van der Waals surface area (Å²) in [7, 11) is 0. The molecule has 0 aliphatic rings. The lowest BCUT2D eigenvalue weighted by Gasteiger charge is -2.22. The average molecular weight is 333 g/mol. The predicted molar refractivity (Wildman–Crippen MR) is 74.1 cm³/mol. The Kier molecular flexibility index (Phi) is 4.57. The number of rotatable bonds is 5. The average Bonchev–Trinajstić information content (AvgIpc) is 3.06. The summed E-state index contributed by atoms with van der Waals surface area (Å²) >= 11 is 1.42. The molecule has 120 valence electrons. The largest absolute Gasteiger partial charge is 0.435 e. The quantitative estimate of drug-likeness (QED) is 0.879. The van der Waals surface area contributed by atoms with Crippen LogP contribution in [0.1, 0.15) is 18.2 Å². The first-order valence-electron chi connectivity index (χ1n) is 6.31. The number of nitrogens with zero attached hydrogens (tertiary/aromatic N) is 2. The van der Waals surface area contributed by atoms with Crippen molar-refractivity contribution >= 4 is 17.2 Å². The van der Waals surface area contributed by atoms with Gasteiger partial charge in [-0.15, -0.1) is 0 Å². The third-order valence-electron chi connectivity index (χ3n) is 3.01. The summed E-state index contributed by atoms with van der Waals surface area (Å²) < 4.78 is 38.1. The van der Waals surface area contributed by atoms with Crippen molar-refractivity contribution in [1.29, 1.82) is 0 Å². The summed E-state index contributed by atoms with van der Waals surface area (Å²) in [6.45, 7) is 1.15. The van der Waals surface area contributed by atoms with Crippen LogP contribution in [0.25, 0.3) is 0 Å². The van der Waals surface area contributed by atoms with Crippen LogP contribution >= 0.6 is 11.3 Å². The van der Waals surface area contributed by atoms with Gasteiger partial charge in [-0.05, 0) is 35.4 Å². The molecule has 0 saturated carbocycles. The number of alkyl halides is 3. The Morgan fingerprint density at radius 3 is 2.73 bits per heavy atom. The van der Waals surface area contributed by atoms with Gasteiger partial charge >= 0.3 is 6.18 Å². The highest BCUT2D eigenvalue weighted by molar-refractivity contribution is 7.08.